The number of hydrogen-bond acceptors (Lipinski definition) is 3. The minimum Gasteiger partial charge on any atom is -0.504 e. The molecule has 0 radical (unpaired) electrons. The van der Waals surface area contributed by atoms with Gasteiger partial charge in [0.25, 0.3) is 0 Å². The molecule has 1 aromatic carbocycles. The molecule has 0 aliphatic carbocycles. The van der Waals surface area contributed by atoms with Crippen molar-refractivity contribution < 1.29 is 10.2 Å². The number of phenols is 2. The number of aromatic hydroxyl groups is 2. The van der Waals surface area contributed by atoms with Crippen LogP contribution in [0, 0.1) is 0 Å². The van der Waals surface area contributed by atoms with Gasteiger partial charge in [-0.15, -0.1) is 12.4 Å². The van der Waals surface area contributed by atoms with E-state index in [-0.39, 0.29) is 29.9 Å². The zero-order chi connectivity index (χ0) is 9.14. The van der Waals surface area contributed by atoms with Gasteiger partial charge in [0, 0.05) is 6.04 Å². The van der Waals surface area contributed by atoms with Crippen LogP contribution in [-0.2, 0) is 0 Å². The fraction of sp³-hybridized carbons (Fsp3) is 0.333. The van der Waals surface area contributed by atoms with Crippen LogP contribution >= 0.6 is 12.4 Å². The molecule has 0 fully saturated rings. The fourth-order valence-corrected chi connectivity index (χ4v) is 0.959. The van der Waals surface area contributed by atoms with Crippen molar-refractivity contribution >= 4 is 18.1 Å². The van der Waals surface area contributed by atoms with Gasteiger partial charge in [0.15, 0.2) is 11.5 Å². The molecule has 0 saturated heterocycles. The lowest BCUT2D eigenvalue weighted by Crippen LogP contribution is -2.09. The summed E-state index contributed by atoms with van der Waals surface area (Å²) < 4.78 is 0. The average Bonchev–Trinajstić information content (AvgIpc) is 1.98. The quantitative estimate of drug-likeness (QED) is 0.647. The normalized spacial score (nSPS) is 9.46. The van der Waals surface area contributed by atoms with Crippen LogP contribution in [0.15, 0.2) is 18.2 Å². The second-order valence-corrected chi connectivity index (χ2v) is 2.97. The molecule has 1 aromatic rings. The highest BCUT2D eigenvalue weighted by atomic mass is 35.5. The summed E-state index contributed by atoms with van der Waals surface area (Å²) in [6.45, 7) is 3.92. The van der Waals surface area contributed by atoms with E-state index in [0.717, 1.165) is 0 Å². The van der Waals surface area contributed by atoms with E-state index in [1.807, 2.05) is 13.8 Å². The molecule has 0 aliphatic heterocycles. The van der Waals surface area contributed by atoms with Gasteiger partial charge in [-0.05, 0) is 26.0 Å². The van der Waals surface area contributed by atoms with Crippen LogP contribution in [0.2, 0.25) is 0 Å². The summed E-state index contributed by atoms with van der Waals surface area (Å²) in [6.07, 6.45) is 0. The molecule has 3 N–H and O–H groups in total. The zero-order valence-electron chi connectivity index (χ0n) is 7.61. The largest absolute Gasteiger partial charge is 0.504 e. The van der Waals surface area contributed by atoms with E-state index >= 15 is 0 Å². The molecule has 0 atom stereocenters. The van der Waals surface area contributed by atoms with Crippen LogP contribution in [0.1, 0.15) is 13.8 Å². The monoisotopic (exact) mass is 203 g/mol. The van der Waals surface area contributed by atoms with Crippen molar-refractivity contribution in [3.8, 4) is 11.5 Å². The van der Waals surface area contributed by atoms with Crippen LogP contribution in [0.5, 0.6) is 11.5 Å². The number of para-hydroxylation sites is 1. The topological polar surface area (TPSA) is 52.5 Å². The van der Waals surface area contributed by atoms with E-state index in [4.69, 9.17) is 5.11 Å². The Morgan fingerprint density at radius 3 is 2.38 bits per heavy atom. The molecule has 0 amide bonds. The molecule has 0 aromatic heterocycles. The summed E-state index contributed by atoms with van der Waals surface area (Å²) in [5.41, 5.74) is 0.560. The number of rotatable bonds is 2. The molecule has 13 heavy (non-hydrogen) atoms. The van der Waals surface area contributed by atoms with Gasteiger partial charge in [0.05, 0.1) is 5.69 Å². The summed E-state index contributed by atoms with van der Waals surface area (Å²) in [7, 11) is 0. The maximum absolute atomic E-state index is 9.33. The second kappa shape index (κ2) is 4.82. The predicted molar refractivity (Wildman–Crippen MR) is 55.8 cm³/mol. The minimum atomic E-state index is -0.0966. The molecular weight excluding hydrogens is 190 g/mol. The number of halogens is 1. The van der Waals surface area contributed by atoms with Crippen molar-refractivity contribution in [2.24, 2.45) is 0 Å². The highest BCUT2D eigenvalue weighted by Crippen LogP contribution is 2.32. The smallest absolute Gasteiger partial charge is 0.181 e. The summed E-state index contributed by atoms with van der Waals surface area (Å²) in [5, 5.41) is 21.5. The molecule has 74 valence electrons. The van der Waals surface area contributed by atoms with Gasteiger partial charge in [-0.1, -0.05) is 6.07 Å². The van der Waals surface area contributed by atoms with Gasteiger partial charge in [-0.2, -0.15) is 0 Å². The van der Waals surface area contributed by atoms with Crippen LogP contribution < -0.4 is 5.32 Å². The van der Waals surface area contributed by atoms with E-state index in [9.17, 15) is 5.11 Å². The molecule has 0 spiro atoms. The lowest BCUT2D eigenvalue weighted by molar-refractivity contribution is 0.405. The van der Waals surface area contributed by atoms with Crippen LogP contribution in [-0.4, -0.2) is 16.3 Å². The first-order valence-electron chi connectivity index (χ1n) is 3.88. The molecule has 0 bridgehead atoms. The molecule has 0 heterocycles. The lowest BCUT2D eigenvalue weighted by atomic mass is 10.2. The highest BCUT2D eigenvalue weighted by molar-refractivity contribution is 5.85. The van der Waals surface area contributed by atoms with Gasteiger partial charge < -0.3 is 15.5 Å². The Kier molecular flexibility index (Phi) is 4.42. The number of nitrogens with one attached hydrogen (secondary N) is 1. The fourth-order valence-electron chi connectivity index (χ4n) is 0.959. The second-order valence-electron chi connectivity index (χ2n) is 2.97. The first-order valence-corrected chi connectivity index (χ1v) is 3.88. The molecule has 0 aliphatic rings. The summed E-state index contributed by atoms with van der Waals surface area (Å²) in [5.74, 6) is -0.188. The Balaban J connectivity index is 0.00000144. The maximum atomic E-state index is 9.33. The van der Waals surface area contributed by atoms with Gasteiger partial charge in [-0.3, -0.25) is 0 Å². The van der Waals surface area contributed by atoms with Crippen molar-refractivity contribution in [3.63, 3.8) is 0 Å². The third-order valence-corrected chi connectivity index (χ3v) is 1.46. The first-order chi connectivity index (χ1) is 5.61. The molecular formula is C9H14ClNO2. The van der Waals surface area contributed by atoms with E-state index in [2.05, 4.69) is 5.32 Å². The highest BCUT2D eigenvalue weighted by Gasteiger charge is 2.05. The SMILES string of the molecule is CC(C)Nc1cccc(O)c1O.Cl. The maximum Gasteiger partial charge on any atom is 0.181 e. The van der Waals surface area contributed by atoms with Crippen LogP contribution in [0.3, 0.4) is 0 Å². The standard InChI is InChI=1S/C9H13NO2.ClH/c1-6(2)10-7-4-3-5-8(11)9(7)12;/h3-6,10-12H,1-2H3;1H. The van der Waals surface area contributed by atoms with Crippen LogP contribution in [0.25, 0.3) is 0 Å². The Bertz CT molecular complexity index is 276. The minimum absolute atomic E-state index is 0. The average molecular weight is 204 g/mol. The predicted octanol–water partition coefficient (Wildman–Crippen LogP) is 2.34. The lowest BCUT2D eigenvalue weighted by Gasteiger charge is -2.11. The molecule has 0 saturated carbocycles. The van der Waals surface area contributed by atoms with E-state index in [1.54, 1.807) is 12.1 Å². The molecule has 0 unspecified atom stereocenters. The molecule has 3 nitrogen and oxygen atoms in total. The summed E-state index contributed by atoms with van der Waals surface area (Å²) in [6, 6.07) is 5.08. The summed E-state index contributed by atoms with van der Waals surface area (Å²) >= 11 is 0. The Morgan fingerprint density at radius 2 is 1.85 bits per heavy atom. The van der Waals surface area contributed by atoms with Gasteiger partial charge in [-0.25, -0.2) is 0 Å². The Labute approximate surface area is 83.8 Å². The van der Waals surface area contributed by atoms with E-state index in [1.165, 1.54) is 6.07 Å². The number of benzene rings is 1. The van der Waals surface area contributed by atoms with Crippen LogP contribution in [0.4, 0.5) is 5.69 Å². The van der Waals surface area contributed by atoms with Gasteiger partial charge in [0.1, 0.15) is 0 Å². The number of phenolic OH excluding ortho intramolecular Hbond substituents is 2. The molecule has 1 rings (SSSR count). The first kappa shape index (κ1) is 11.9. The van der Waals surface area contributed by atoms with Crippen molar-refractivity contribution in [1.29, 1.82) is 0 Å². The Hall–Kier alpha value is -1.09. The molecule has 4 heteroatoms. The van der Waals surface area contributed by atoms with E-state index in [0.29, 0.717) is 5.69 Å². The number of hydrogen-bond donors (Lipinski definition) is 3. The number of anilines is 1. The van der Waals surface area contributed by atoms with Crippen molar-refractivity contribution in [2.45, 2.75) is 19.9 Å². The van der Waals surface area contributed by atoms with Crippen molar-refractivity contribution in [2.75, 3.05) is 5.32 Å². The van der Waals surface area contributed by atoms with Crippen molar-refractivity contribution in [1.82, 2.24) is 0 Å². The third-order valence-electron chi connectivity index (χ3n) is 1.46. The Morgan fingerprint density at radius 1 is 1.23 bits per heavy atom. The van der Waals surface area contributed by atoms with E-state index < -0.39 is 0 Å². The van der Waals surface area contributed by atoms with Crippen molar-refractivity contribution in [3.05, 3.63) is 18.2 Å². The van der Waals surface area contributed by atoms with Gasteiger partial charge in [0.2, 0.25) is 0 Å². The van der Waals surface area contributed by atoms with Gasteiger partial charge >= 0.3 is 0 Å². The zero-order valence-corrected chi connectivity index (χ0v) is 8.43. The summed E-state index contributed by atoms with van der Waals surface area (Å²) in [4.78, 5) is 0. The third kappa shape index (κ3) is 3.03.